The van der Waals surface area contributed by atoms with E-state index in [-0.39, 0.29) is 22.5 Å². The zero-order chi connectivity index (χ0) is 13.0. The summed E-state index contributed by atoms with van der Waals surface area (Å²) < 4.78 is 0. The van der Waals surface area contributed by atoms with Crippen molar-refractivity contribution in [2.75, 3.05) is 25.0 Å². The summed E-state index contributed by atoms with van der Waals surface area (Å²) in [6.45, 7) is 2.48. The molecule has 0 bridgehead atoms. The van der Waals surface area contributed by atoms with Crippen molar-refractivity contribution in [1.29, 1.82) is 0 Å². The molecule has 94 valence electrons. The average molecular weight is 278 g/mol. The minimum Gasteiger partial charge on any atom is -0.477 e. The summed E-state index contributed by atoms with van der Waals surface area (Å²) in [5, 5.41) is 11.8. The topological polar surface area (TPSA) is 82.5 Å². The van der Waals surface area contributed by atoms with Crippen LogP contribution < -0.4 is 10.2 Å². The molecule has 0 aromatic carbocycles. The molecule has 2 N–H and O–H groups in total. The lowest BCUT2D eigenvalue weighted by Crippen LogP contribution is -2.34. The number of carboxylic acids is 1. The Balaban J connectivity index is 2.76. The number of nitrogens with zero attached hydrogens (tertiary/aromatic N) is 2. The highest BCUT2D eigenvalue weighted by Gasteiger charge is 2.18. The molecule has 1 aromatic heterocycles. The van der Waals surface area contributed by atoms with Crippen LogP contribution in [-0.4, -0.2) is 42.1 Å². The predicted octanol–water partition coefficient (Wildman–Crippen LogP) is 1.07. The molecular weight excluding hydrogens is 266 g/mol. The molecule has 1 amide bonds. The third-order valence-electron chi connectivity index (χ3n) is 1.85. The second-order valence-electron chi connectivity index (χ2n) is 3.23. The molecule has 1 heterocycles. The zero-order valence-corrected chi connectivity index (χ0v) is 10.9. The number of carbonyl (C=O) groups is 2. The van der Waals surface area contributed by atoms with Crippen LogP contribution in [0.15, 0.2) is 0 Å². The third-order valence-corrected chi connectivity index (χ3v) is 3.39. The van der Waals surface area contributed by atoms with Crippen LogP contribution in [0.1, 0.15) is 16.6 Å². The number of halogens is 1. The van der Waals surface area contributed by atoms with Gasteiger partial charge in [0.2, 0.25) is 5.91 Å². The third kappa shape index (κ3) is 3.57. The second kappa shape index (κ2) is 5.83. The lowest BCUT2D eigenvalue weighted by molar-refractivity contribution is -0.119. The van der Waals surface area contributed by atoms with Gasteiger partial charge in [-0.15, -0.1) is 0 Å². The lowest BCUT2D eigenvalue weighted by Gasteiger charge is -2.14. The highest BCUT2D eigenvalue weighted by molar-refractivity contribution is 7.18. The van der Waals surface area contributed by atoms with Crippen LogP contribution in [0.4, 0.5) is 5.13 Å². The number of aromatic nitrogens is 1. The van der Waals surface area contributed by atoms with Gasteiger partial charge in [-0.05, 0) is 6.92 Å². The van der Waals surface area contributed by atoms with E-state index in [0.717, 1.165) is 11.3 Å². The second-order valence-corrected chi connectivity index (χ2v) is 4.57. The number of thiazole rings is 1. The highest BCUT2D eigenvalue weighted by atomic mass is 35.5. The highest BCUT2D eigenvalue weighted by Crippen LogP contribution is 2.28. The molecule has 0 aliphatic carbocycles. The molecule has 0 unspecified atom stereocenters. The minimum absolute atomic E-state index is 0.0237. The normalized spacial score (nSPS) is 10.1. The average Bonchev–Trinajstić information content (AvgIpc) is 2.60. The van der Waals surface area contributed by atoms with E-state index in [1.54, 1.807) is 11.9 Å². The van der Waals surface area contributed by atoms with Gasteiger partial charge in [-0.3, -0.25) is 4.79 Å². The molecule has 1 aromatic rings. The van der Waals surface area contributed by atoms with E-state index in [1.807, 2.05) is 6.92 Å². The van der Waals surface area contributed by atoms with E-state index >= 15 is 0 Å². The number of likely N-dealkylation sites (N-methyl/N-ethyl adjacent to an activating group) is 2. The summed E-state index contributed by atoms with van der Waals surface area (Å²) >= 11 is 6.61. The van der Waals surface area contributed by atoms with Crippen molar-refractivity contribution in [1.82, 2.24) is 10.3 Å². The first-order valence-corrected chi connectivity index (χ1v) is 6.02. The first-order valence-electron chi connectivity index (χ1n) is 4.83. The van der Waals surface area contributed by atoms with Gasteiger partial charge in [-0.1, -0.05) is 22.9 Å². The molecule has 6 nitrogen and oxygen atoms in total. The quantitative estimate of drug-likeness (QED) is 0.841. The van der Waals surface area contributed by atoms with Crippen LogP contribution in [0.5, 0.6) is 0 Å². The summed E-state index contributed by atoms with van der Waals surface area (Å²) in [4.78, 5) is 27.5. The molecule has 0 aliphatic heterocycles. The molecule has 0 saturated carbocycles. The molecule has 0 fully saturated rings. The van der Waals surface area contributed by atoms with Gasteiger partial charge in [-0.25, -0.2) is 9.78 Å². The van der Waals surface area contributed by atoms with E-state index in [1.165, 1.54) is 0 Å². The number of rotatable bonds is 5. The van der Waals surface area contributed by atoms with Crippen molar-refractivity contribution in [3.63, 3.8) is 0 Å². The summed E-state index contributed by atoms with van der Waals surface area (Å²) in [5.41, 5.74) is 0. The van der Waals surface area contributed by atoms with Gasteiger partial charge in [0.05, 0.1) is 6.54 Å². The van der Waals surface area contributed by atoms with Gasteiger partial charge in [0.15, 0.2) is 15.2 Å². The van der Waals surface area contributed by atoms with Crippen molar-refractivity contribution in [2.24, 2.45) is 0 Å². The monoisotopic (exact) mass is 277 g/mol. The maximum Gasteiger partial charge on any atom is 0.349 e. The van der Waals surface area contributed by atoms with Crippen molar-refractivity contribution in [3.8, 4) is 0 Å². The lowest BCUT2D eigenvalue weighted by atomic mass is 10.5. The van der Waals surface area contributed by atoms with Crippen LogP contribution >= 0.6 is 22.9 Å². The van der Waals surface area contributed by atoms with Gasteiger partial charge in [0.1, 0.15) is 0 Å². The number of carbonyl (C=O) groups excluding carboxylic acids is 1. The smallest absolute Gasteiger partial charge is 0.349 e. The Hall–Kier alpha value is -1.34. The number of hydrogen-bond acceptors (Lipinski definition) is 5. The van der Waals surface area contributed by atoms with E-state index in [9.17, 15) is 9.59 Å². The molecule has 8 heteroatoms. The molecule has 0 aliphatic rings. The number of carboxylic acid groups (broad SMARTS) is 1. The summed E-state index contributed by atoms with van der Waals surface area (Å²) in [6, 6.07) is 0. The molecule has 0 atom stereocenters. The van der Waals surface area contributed by atoms with E-state index in [4.69, 9.17) is 16.7 Å². The van der Waals surface area contributed by atoms with Crippen LogP contribution in [0, 0.1) is 0 Å². The molecule has 0 spiro atoms. The molecule has 17 heavy (non-hydrogen) atoms. The van der Waals surface area contributed by atoms with Crippen molar-refractivity contribution < 1.29 is 14.7 Å². The van der Waals surface area contributed by atoms with Crippen molar-refractivity contribution >= 4 is 39.9 Å². The Labute approximate surface area is 107 Å². The maximum absolute atomic E-state index is 11.3. The number of aromatic carboxylic acids is 1. The van der Waals surface area contributed by atoms with Crippen molar-refractivity contribution in [2.45, 2.75) is 6.92 Å². The fourth-order valence-electron chi connectivity index (χ4n) is 1.12. The molecule has 0 radical (unpaired) electrons. The van der Waals surface area contributed by atoms with Crippen LogP contribution in [-0.2, 0) is 4.79 Å². The first-order chi connectivity index (χ1) is 7.95. The number of hydrogen-bond donors (Lipinski definition) is 2. The molecule has 0 saturated heterocycles. The Morgan fingerprint density at radius 3 is 2.71 bits per heavy atom. The fourth-order valence-corrected chi connectivity index (χ4v) is 2.21. The zero-order valence-electron chi connectivity index (χ0n) is 9.36. The largest absolute Gasteiger partial charge is 0.477 e. The molecular formula is C9H12ClN3O3S. The number of nitrogens with one attached hydrogen (secondary N) is 1. The van der Waals surface area contributed by atoms with E-state index < -0.39 is 5.97 Å². The molecule has 1 rings (SSSR count). The predicted molar refractivity (Wildman–Crippen MR) is 66.0 cm³/mol. The summed E-state index contributed by atoms with van der Waals surface area (Å²) in [6.07, 6.45) is 0. The van der Waals surface area contributed by atoms with Gasteiger partial charge in [0, 0.05) is 13.6 Å². The van der Waals surface area contributed by atoms with Crippen LogP contribution in [0.25, 0.3) is 0 Å². The Bertz CT molecular complexity index is 435. The first kappa shape index (κ1) is 13.7. The van der Waals surface area contributed by atoms with Crippen molar-refractivity contribution in [3.05, 3.63) is 10.0 Å². The maximum atomic E-state index is 11.3. The summed E-state index contributed by atoms with van der Waals surface area (Å²) in [5.74, 6) is -1.27. The number of anilines is 1. The van der Waals surface area contributed by atoms with Gasteiger partial charge in [0.25, 0.3) is 0 Å². The van der Waals surface area contributed by atoms with E-state index in [2.05, 4.69) is 10.3 Å². The number of amides is 1. The van der Waals surface area contributed by atoms with Gasteiger partial charge >= 0.3 is 5.97 Å². The van der Waals surface area contributed by atoms with E-state index in [0.29, 0.717) is 11.7 Å². The Morgan fingerprint density at radius 1 is 1.59 bits per heavy atom. The van der Waals surface area contributed by atoms with Crippen LogP contribution in [0.3, 0.4) is 0 Å². The van der Waals surface area contributed by atoms with Gasteiger partial charge < -0.3 is 15.3 Å². The SMILES string of the molecule is CCNC(=O)CN(C)c1nc(Cl)c(C(=O)O)s1. The van der Waals surface area contributed by atoms with Gasteiger partial charge in [-0.2, -0.15) is 0 Å². The van der Waals surface area contributed by atoms with Crippen LogP contribution in [0.2, 0.25) is 5.15 Å². The Morgan fingerprint density at radius 2 is 2.24 bits per heavy atom. The summed E-state index contributed by atoms with van der Waals surface area (Å²) in [7, 11) is 1.65. The minimum atomic E-state index is -1.12. The fraction of sp³-hybridized carbons (Fsp3) is 0.444. The Kier molecular flexibility index (Phi) is 4.71. The standard InChI is InChI=1S/C9H12ClN3O3S/c1-3-11-5(14)4-13(2)9-12-7(10)6(17-9)8(15)16/h3-4H2,1-2H3,(H,11,14)(H,15,16).